The molecule has 5 nitrogen and oxygen atoms in total. The van der Waals surface area contributed by atoms with Crippen molar-refractivity contribution in [3.8, 4) is 0 Å². The molecule has 6 heteroatoms. The number of pyridine rings is 1. The Kier molecular flexibility index (Phi) is 3.57. The lowest BCUT2D eigenvalue weighted by molar-refractivity contribution is 0.102. The van der Waals surface area contributed by atoms with Crippen LogP contribution in [0.3, 0.4) is 0 Å². The molecular formula is C13H12ClN3O2. The van der Waals surface area contributed by atoms with Gasteiger partial charge < -0.3 is 16.0 Å². The second-order valence-corrected chi connectivity index (χ2v) is 4.49. The maximum atomic E-state index is 12.0. The average Bonchev–Trinajstić information content (AvgIpc) is 2.33. The second kappa shape index (κ2) is 5.16. The van der Waals surface area contributed by atoms with Crippen molar-refractivity contribution in [2.24, 2.45) is 0 Å². The monoisotopic (exact) mass is 277 g/mol. The van der Waals surface area contributed by atoms with Crippen molar-refractivity contribution in [1.82, 2.24) is 4.98 Å². The van der Waals surface area contributed by atoms with Crippen LogP contribution in [-0.2, 0) is 0 Å². The number of nitrogens with two attached hydrogens (primary N) is 1. The molecule has 0 aliphatic rings. The molecule has 0 bridgehead atoms. The van der Waals surface area contributed by atoms with E-state index in [4.69, 9.17) is 17.3 Å². The zero-order valence-corrected chi connectivity index (χ0v) is 10.9. The lowest BCUT2D eigenvalue weighted by Crippen LogP contribution is -2.21. The third-order valence-corrected chi connectivity index (χ3v) is 2.87. The minimum Gasteiger partial charge on any atom is -0.399 e. The second-order valence-electron chi connectivity index (χ2n) is 4.09. The molecule has 4 N–H and O–H groups in total. The summed E-state index contributed by atoms with van der Waals surface area (Å²) in [5.41, 5.74) is 6.80. The quantitative estimate of drug-likeness (QED) is 0.735. The molecule has 0 spiro atoms. The summed E-state index contributed by atoms with van der Waals surface area (Å²) in [7, 11) is 0. The van der Waals surface area contributed by atoms with Crippen LogP contribution in [0.2, 0.25) is 5.02 Å². The fourth-order valence-electron chi connectivity index (χ4n) is 1.58. The van der Waals surface area contributed by atoms with E-state index < -0.39 is 5.91 Å². The molecule has 2 aromatic rings. The van der Waals surface area contributed by atoms with Crippen molar-refractivity contribution >= 4 is 28.9 Å². The van der Waals surface area contributed by atoms with Crippen LogP contribution in [0.1, 0.15) is 16.1 Å². The van der Waals surface area contributed by atoms with E-state index in [1.165, 1.54) is 18.3 Å². The Bertz CT molecular complexity index is 695. The number of carbonyl (C=O) groups excluding carboxylic acids is 1. The van der Waals surface area contributed by atoms with Gasteiger partial charge in [-0.05, 0) is 25.1 Å². The van der Waals surface area contributed by atoms with Gasteiger partial charge in [-0.3, -0.25) is 9.59 Å². The molecule has 1 amide bonds. The van der Waals surface area contributed by atoms with Crippen LogP contribution in [0.15, 0.2) is 35.3 Å². The van der Waals surface area contributed by atoms with Crippen molar-refractivity contribution in [2.75, 3.05) is 11.1 Å². The highest BCUT2D eigenvalue weighted by Gasteiger charge is 2.12. The molecule has 0 saturated carbocycles. The van der Waals surface area contributed by atoms with Crippen LogP contribution >= 0.6 is 11.6 Å². The number of benzene rings is 1. The summed E-state index contributed by atoms with van der Waals surface area (Å²) in [4.78, 5) is 26.5. The highest BCUT2D eigenvalue weighted by atomic mass is 35.5. The molecule has 0 atom stereocenters. The molecule has 0 fully saturated rings. The number of carbonyl (C=O) groups is 1. The Morgan fingerprint density at radius 3 is 2.79 bits per heavy atom. The van der Waals surface area contributed by atoms with Gasteiger partial charge in [-0.2, -0.15) is 0 Å². The van der Waals surface area contributed by atoms with Crippen LogP contribution in [0, 0.1) is 6.92 Å². The maximum Gasteiger partial charge on any atom is 0.261 e. The molecule has 0 saturated heterocycles. The van der Waals surface area contributed by atoms with Crippen LogP contribution in [0.25, 0.3) is 0 Å². The van der Waals surface area contributed by atoms with Gasteiger partial charge in [0.25, 0.3) is 5.91 Å². The first-order valence-corrected chi connectivity index (χ1v) is 5.91. The summed E-state index contributed by atoms with van der Waals surface area (Å²) in [6, 6.07) is 6.08. The normalized spacial score (nSPS) is 10.2. The standard InChI is InChI=1S/C13H12ClN3O2/c1-7-4-12(18)9(6-16-7)13(19)17-11-5-8(15)2-3-10(11)14/h2-6H,15H2,1H3,(H,16,18)(H,17,19). The zero-order valence-electron chi connectivity index (χ0n) is 10.2. The van der Waals surface area contributed by atoms with Gasteiger partial charge in [0, 0.05) is 23.6 Å². The van der Waals surface area contributed by atoms with Crippen molar-refractivity contribution in [1.29, 1.82) is 0 Å². The molecule has 0 unspecified atom stereocenters. The van der Waals surface area contributed by atoms with E-state index in [0.717, 1.165) is 0 Å². The highest BCUT2D eigenvalue weighted by molar-refractivity contribution is 6.34. The Labute approximate surface area is 114 Å². The van der Waals surface area contributed by atoms with Crippen LogP contribution in [-0.4, -0.2) is 10.9 Å². The summed E-state index contributed by atoms with van der Waals surface area (Å²) < 4.78 is 0. The topological polar surface area (TPSA) is 88.0 Å². The first-order chi connectivity index (χ1) is 8.97. The van der Waals surface area contributed by atoms with Crippen LogP contribution < -0.4 is 16.5 Å². The Morgan fingerprint density at radius 1 is 1.37 bits per heavy atom. The summed E-state index contributed by atoms with van der Waals surface area (Å²) in [6.07, 6.45) is 1.37. The molecule has 1 heterocycles. The number of aromatic nitrogens is 1. The van der Waals surface area contributed by atoms with Gasteiger partial charge in [-0.15, -0.1) is 0 Å². The number of H-pyrrole nitrogens is 1. The largest absolute Gasteiger partial charge is 0.399 e. The summed E-state index contributed by atoms with van der Waals surface area (Å²) in [6.45, 7) is 1.73. The third kappa shape index (κ3) is 2.95. The molecule has 0 radical (unpaired) electrons. The fourth-order valence-corrected chi connectivity index (χ4v) is 1.74. The Hall–Kier alpha value is -2.27. The zero-order chi connectivity index (χ0) is 14.0. The van der Waals surface area contributed by atoms with E-state index in [9.17, 15) is 9.59 Å². The predicted molar refractivity (Wildman–Crippen MR) is 75.6 cm³/mol. The molecule has 0 aliphatic heterocycles. The summed E-state index contributed by atoms with van der Waals surface area (Å²) in [5, 5.41) is 2.91. The Morgan fingerprint density at radius 2 is 2.11 bits per heavy atom. The van der Waals surface area contributed by atoms with Crippen molar-refractivity contribution < 1.29 is 4.79 Å². The van der Waals surface area contributed by atoms with E-state index >= 15 is 0 Å². The molecule has 1 aromatic carbocycles. The minimum absolute atomic E-state index is 0.0177. The molecule has 19 heavy (non-hydrogen) atoms. The molecule has 1 aromatic heterocycles. The van der Waals surface area contributed by atoms with Crippen LogP contribution in [0.5, 0.6) is 0 Å². The first kappa shape index (κ1) is 13.2. The van der Waals surface area contributed by atoms with Gasteiger partial charge in [-0.1, -0.05) is 11.6 Å². The summed E-state index contributed by atoms with van der Waals surface area (Å²) in [5.74, 6) is -0.534. The molecule has 2 rings (SSSR count). The summed E-state index contributed by atoms with van der Waals surface area (Å²) >= 11 is 5.94. The van der Waals surface area contributed by atoms with E-state index in [1.807, 2.05) is 0 Å². The van der Waals surface area contributed by atoms with Crippen molar-refractivity contribution in [2.45, 2.75) is 6.92 Å². The maximum absolute atomic E-state index is 12.0. The smallest absolute Gasteiger partial charge is 0.261 e. The van der Waals surface area contributed by atoms with E-state index in [2.05, 4.69) is 10.3 Å². The number of hydrogen-bond acceptors (Lipinski definition) is 3. The highest BCUT2D eigenvalue weighted by Crippen LogP contribution is 2.24. The number of aromatic amines is 1. The van der Waals surface area contributed by atoms with Crippen molar-refractivity contribution in [3.63, 3.8) is 0 Å². The fraction of sp³-hybridized carbons (Fsp3) is 0.0769. The molecule has 98 valence electrons. The van der Waals surface area contributed by atoms with Gasteiger partial charge in [0.15, 0.2) is 5.43 Å². The predicted octanol–water partition coefficient (Wildman–Crippen LogP) is 2.17. The van der Waals surface area contributed by atoms with Gasteiger partial charge in [0.2, 0.25) is 0 Å². The number of nitrogen functional groups attached to an aromatic ring is 1. The SMILES string of the molecule is Cc1cc(=O)c(C(=O)Nc2cc(N)ccc2Cl)c[nH]1. The number of amides is 1. The van der Waals surface area contributed by atoms with Crippen molar-refractivity contribution in [3.05, 3.63) is 57.0 Å². The van der Waals surface area contributed by atoms with E-state index in [0.29, 0.717) is 22.1 Å². The van der Waals surface area contributed by atoms with E-state index in [1.54, 1.807) is 19.1 Å². The van der Waals surface area contributed by atoms with Gasteiger partial charge in [0.05, 0.1) is 10.7 Å². The van der Waals surface area contributed by atoms with Gasteiger partial charge >= 0.3 is 0 Å². The number of rotatable bonds is 2. The number of anilines is 2. The molecule has 0 aliphatic carbocycles. The van der Waals surface area contributed by atoms with E-state index in [-0.39, 0.29) is 11.0 Å². The lowest BCUT2D eigenvalue weighted by atomic mass is 10.2. The van der Waals surface area contributed by atoms with Gasteiger partial charge in [-0.25, -0.2) is 0 Å². The average molecular weight is 278 g/mol. The van der Waals surface area contributed by atoms with Crippen LogP contribution in [0.4, 0.5) is 11.4 Å². The number of hydrogen-bond donors (Lipinski definition) is 3. The van der Waals surface area contributed by atoms with Gasteiger partial charge in [0.1, 0.15) is 5.56 Å². The molecular weight excluding hydrogens is 266 g/mol. The third-order valence-electron chi connectivity index (χ3n) is 2.54. The number of nitrogens with one attached hydrogen (secondary N) is 2. The first-order valence-electron chi connectivity index (χ1n) is 5.53. The lowest BCUT2D eigenvalue weighted by Gasteiger charge is -2.07. The Balaban J connectivity index is 2.31. The number of aryl methyl sites for hydroxylation is 1. The minimum atomic E-state index is -0.534. The number of halogens is 1.